The number of hydrogen-bond acceptors (Lipinski definition) is 30. The predicted molar refractivity (Wildman–Crippen MR) is 425 cm³/mol. The molecule has 0 aromatic heterocycles. The van der Waals surface area contributed by atoms with Gasteiger partial charge in [-0.3, -0.25) is 38.0 Å². The van der Waals surface area contributed by atoms with E-state index < -0.39 is 69.6 Å². The quantitative estimate of drug-likeness (QED) is 0.0201. The van der Waals surface area contributed by atoms with E-state index in [0.29, 0.717) is 154 Å². The van der Waals surface area contributed by atoms with Crippen LogP contribution in [0.5, 0.6) is 0 Å². The van der Waals surface area contributed by atoms with E-state index in [4.69, 9.17) is 41.9 Å². The molecule has 7 fully saturated rings. The van der Waals surface area contributed by atoms with E-state index in [2.05, 4.69) is 77.1 Å². The number of nitrogens with one attached hydrogen (secondary N) is 4. The molecule has 0 saturated carbocycles. The zero-order valence-electron chi connectivity index (χ0n) is 62.7. The van der Waals surface area contributed by atoms with Gasteiger partial charge in [0.2, 0.25) is 10.2 Å². The van der Waals surface area contributed by atoms with Crippen molar-refractivity contribution in [3.63, 3.8) is 0 Å². The second kappa shape index (κ2) is 55.3. The summed E-state index contributed by atoms with van der Waals surface area (Å²) in [6.07, 6.45) is 9.87. The Morgan fingerprint density at radius 3 is 1.05 bits per heavy atom. The van der Waals surface area contributed by atoms with Gasteiger partial charge in [-0.2, -0.15) is 97.4 Å². The van der Waals surface area contributed by atoms with E-state index in [1.54, 1.807) is 67.4 Å². The summed E-state index contributed by atoms with van der Waals surface area (Å²) < 4.78 is 56.0. The zero-order chi connectivity index (χ0) is 81.4. The number of allylic oxidation sites excluding steroid dienone is 1. The topological polar surface area (TPSA) is 435 Å². The molecule has 4 unspecified atom stereocenters. The number of thioether (sulfide) groups is 2. The van der Waals surface area contributed by atoms with Gasteiger partial charge in [0, 0.05) is 157 Å². The normalized spacial score (nSPS) is 18.3. The zero-order valence-corrected chi connectivity index (χ0v) is 72.9. The fourth-order valence-electron chi connectivity index (χ4n) is 10.5. The molecule has 4 amide bonds. The molecular formula is C74H73B6N7O25S2Y3-6. The molecule has 7 N–H and O–H groups in total. The SMILES string of the molecule is C=CCC1=Nc2ccccc2B(O)O1.C=CC[C-]=O.O=C1NC(CCC2=Nc3ccccc3B(O)O2)C(=O)O1.O=C1NC(CCC2=Nc3ccccc3B(O)O2)C(=O)S1.O=[C-]CCC1NC(=O)OC1=O.O=[C-]CCC1NC(=O)SC1=O.[Y].[Y].[Y].[c-]1ccccc1B1OCCO1.[c-]1ccccc1B1OCCO1.[c-]1ccccc1B1OCCO1. The number of hydrogen-bond donors (Lipinski definition) is 7. The first kappa shape index (κ1) is 100.0. The molecule has 7 saturated heterocycles. The van der Waals surface area contributed by atoms with E-state index in [9.17, 15) is 67.8 Å². The summed E-state index contributed by atoms with van der Waals surface area (Å²) in [6.45, 7) is 11.0. The predicted octanol–water partition coefficient (Wildman–Crippen LogP) is 2.52. The summed E-state index contributed by atoms with van der Waals surface area (Å²) in [5, 5.41) is 38.0. The third-order valence-corrected chi connectivity index (χ3v) is 17.5. The maximum atomic E-state index is 11.5. The van der Waals surface area contributed by atoms with E-state index in [0.717, 1.165) is 22.1 Å². The van der Waals surface area contributed by atoms with Gasteiger partial charge in [-0.25, -0.2) is 34.2 Å². The maximum absolute atomic E-state index is 11.5. The second-order valence-electron chi connectivity index (χ2n) is 24.0. The minimum atomic E-state index is -1.07. The number of esters is 2. The summed E-state index contributed by atoms with van der Waals surface area (Å²) in [6, 6.07) is 51.6. The fourth-order valence-corrected chi connectivity index (χ4v) is 11.9. The molecule has 10 heterocycles. The Hall–Kier alpha value is -7.58. The van der Waals surface area contributed by atoms with Crippen LogP contribution in [-0.4, -0.2) is 203 Å². The Morgan fingerprint density at radius 2 is 0.752 bits per heavy atom. The standard InChI is InChI=1S/C12H11BN2O5.C12H11BN2O4S.C10H10BNO2.3C8H8BO2.C6H6NO4.C6H6NO3S.C4H5O.3Y/c16-11-9(15-12(17)19-11)5-6-10-14-8-4-2-1-3-7(8)13(18)20-10;16-11-9(15-12(17)20-11)5-6-10-14-8-4-2-1-3-7(8)13(18)19-10;1-2-5-10-12-9-7-4-3-6-8(9)11(13)14-10;3*1-2-4-8(5-3-1)9-10-6-7-11-9;2*8-3-1-2-4-5(9)11-6(10)7-4;1-2-3-4-5;;;/h2*1-4,9,18H,5-6H2,(H,15,17);2-4,6-7,13H,1,5H2;3*1-4H,6-7H2;2*4H,1-2H2,(H,7,10);2H,1,3H2;;;/q;;;6*-1;;;. The number of ether oxygens (including phenoxy) is 2. The molecule has 43 heteroatoms. The molecule has 6 aromatic carbocycles. The Labute approximate surface area is 760 Å². The van der Waals surface area contributed by atoms with E-state index in [1.165, 1.54) is 6.08 Å². The van der Waals surface area contributed by atoms with Gasteiger partial charge >= 0.3 is 66.8 Å². The summed E-state index contributed by atoms with van der Waals surface area (Å²) in [5.74, 6) is -0.0240. The second-order valence-corrected chi connectivity index (χ2v) is 25.9. The number of alkyl carbamates (subject to hydrolysis) is 2. The van der Waals surface area contributed by atoms with Crippen molar-refractivity contribution in [3.8, 4) is 0 Å². The molecule has 0 bridgehead atoms. The van der Waals surface area contributed by atoms with Crippen molar-refractivity contribution in [1.82, 2.24) is 21.3 Å². The van der Waals surface area contributed by atoms with Crippen LogP contribution >= 0.6 is 23.5 Å². The summed E-state index contributed by atoms with van der Waals surface area (Å²) in [4.78, 5) is 129. The Bertz CT molecular complexity index is 4090. The van der Waals surface area contributed by atoms with E-state index in [1.807, 2.05) is 103 Å². The minimum Gasteiger partial charge on any atom is -0.542 e. The monoisotopic (exact) mass is 1860 g/mol. The molecule has 117 heavy (non-hydrogen) atoms. The molecule has 32 nitrogen and oxygen atoms in total. The van der Waals surface area contributed by atoms with Crippen molar-refractivity contribution in [2.75, 3.05) is 39.6 Å². The molecule has 16 rings (SSSR count). The molecule has 0 aliphatic carbocycles. The smallest absolute Gasteiger partial charge is 0.542 e. The Kier molecular flexibility index (Phi) is 47.3. The van der Waals surface area contributed by atoms with Gasteiger partial charge in [-0.1, -0.05) is 60.7 Å². The average molecular weight is 1860 g/mol. The molecule has 10 aliphatic rings. The summed E-state index contributed by atoms with van der Waals surface area (Å²) in [7, 11) is -3.56. The van der Waals surface area contributed by atoms with Gasteiger partial charge in [0.25, 0.3) is 10.5 Å². The van der Waals surface area contributed by atoms with Crippen LogP contribution in [0.4, 0.5) is 36.2 Å². The van der Waals surface area contributed by atoms with Crippen LogP contribution in [0.2, 0.25) is 0 Å². The third-order valence-electron chi connectivity index (χ3n) is 15.9. The first-order valence-electron chi connectivity index (χ1n) is 35.4. The Balaban J connectivity index is 0.000000238. The van der Waals surface area contributed by atoms with Crippen LogP contribution in [-0.2, 0) is 183 Å². The number of fused-ring (bicyclic) bond motifs is 3. The number of cyclic esters (lactones) is 4. The molecule has 4 atom stereocenters. The van der Waals surface area contributed by atoms with Crippen molar-refractivity contribution < 1.29 is 217 Å². The van der Waals surface area contributed by atoms with Gasteiger partial charge in [0.15, 0.2) is 17.7 Å². The first-order valence-corrected chi connectivity index (χ1v) is 37.0. The average Bonchev–Trinajstić information content (AvgIpc) is 1.53. The van der Waals surface area contributed by atoms with Crippen molar-refractivity contribution in [3.05, 3.63) is 189 Å². The van der Waals surface area contributed by atoms with E-state index in [-0.39, 0.29) is 159 Å². The number of benzene rings is 6. The number of carbonyl (C=O) groups excluding carboxylic acids is 11. The molecule has 3 radical (unpaired) electrons. The summed E-state index contributed by atoms with van der Waals surface area (Å²) in [5.41, 5.74) is 6.93. The van der Waals surface area contributed by atoms with Crippen LogP contribution in [0.1, 0.15) is 64.2 Å². The van der Waals surface area contributed by atoms with Crippen molar-refractivity contribution in [2.45, 2.75) is 88.4 Å². The van der Waals surface area contributed by atoms with Crippen molar-refractivity contribution >= 4 is 197 Å². The van der Waals surface area contributed by atoms with Gasteiger partial charge in [0.05, 0.1) is 68.8 Å². The number of para-hydroxylation sites is 3. The van der Waals surface area contributed by atoms with Gasteiger partial charge in [0.1, 0.15) is 12.1 Å². The molecular weight excluding hydrogens is 1780 g/mol. The van der Waals surface area contributed by atoms with Crippen LogP contribution in [0.15, 0.2) is 186 Å². The maximum Gasteiger partial charge on any atom is 0.563 e. The van der Waals surface area contributed by atoms with Crippen molar-refractivity contribution in [2.24, 2.45) is 15.0 Å². The minimum absolute atomic E-state index is 0. The number of nitrogens with zero attached hydrogens (tertiary/aromatic N) is 3. The van der Waals surface area contributed by atoms with Gasteiger partial charge in [-0.05, 0) is 43.9 Å². The third kappa shape index (κ3) is 34.2. The molecule has 6 aromatic rings. The van der Waals surface area contributed by atoms with E-state index >= 15 is 0 Å². The fraction of sp³-hybridized carbons (Fsp3) is 0.270. The summed E-state index contributed by atoms with van der Waals surface area (Å²) >= 11 is 1.35. The van der Waals surface area contributed by atoms with Crippen molar-refractivity contribution in [1.29, 1.82) is 0 Å². The number of rotatable bonds is 19. The molecule has 10 aliphatic heterocycles. The molecule has 0 spiro atoms. The number of carbonyl (C=O) groups is 8. The number of aliphatic imine (C=N–C) groups is 3. The first-order chi connectivity index (χ1) is 55.4. The van der Waals surface area contributed by atoms with Crippen LogP contribution in [0.25, 0.3) is 0 Å². The van der Waals surface area contributed by atoms with Crippen LogP contribution in [0, 0.1) is 18.2 Å². The van der Waals surface area contributed by atoms with Crippen LogP contribution < -0.4 is 54.0 Å². The largest absolute Gasteiger partial charge is 0.563 e. The van der Waals surface area contributed by atoms with Crippen LogP contribution in [0.3, 0.4) is 0 Å². The van der Waals surface area contributed by atoms with Gasteiger partial charge in [-0.15, -0.1) is 48.5 Å². The number of amides is 4. The van der Waals surface area contributed by atoms with Gasteiger partial charge < -0.3 is 102 Å². The Morgan fingerprint density at radius 1 is 0.427 bits per heavy atom. The molecule has 599 valence electrons.